The number of hydrogen-bond donors (Lipinski definition) is 2. The Balaban J connectivity index is 2.21. The third-order valence-corrected chi connectivity index (χ3v) is 4.18. The molecule has 3 heteroatoms. The Kier molecular flexibility index (Phi) is 3.93. The number of rotatable bonds is 5. The lowest BCUT2D eigenvalue weighted by Crippen LogP contribution is -2.41. The monoisotopic (exact) mass is 248 g/mol. The summed E-state index contributed by atoms with van der Waals surface area (Å²) in [5.74, 6) is 0.411. The number of nitrogens with two attached hydrogens (primary N) is 1. The van der Waals surface area contributed by atoms with Crippen molar-refractivity contribution in [2.75, 3.05) is 27.2 Å². The number of hydrogen-bond acceptors (Lipinski definition) is 3. The molecule has 1 fully saturated rings. The Labute approximate surface area is 110 Å². The van der Waals surface area contributed by atoms with E-state index in [1.807, 2.05) is 12.1 Å². The van der Waals surface area contributed by atoms with Crippen molar-refractivity contribution in [2.45, 2.75) is 31.1 Å². The first-order chi connectivity index (χ1) is 8.57. The van der Waals surface area contributed by atoms with Crippen LogP contribution < -0.4 is 5.73 Å². The number of phenolic OH excluding ortho intramolecular Hbond substituents is 1. The van der Waals surface area contributed by atoms with Gasteiger partial charge in [0.2, 0.25) is 0 Å². The van der Waals surface area contributed by atoms with Gasteiger partial charge in [-0.15, -0.1) is 0 Å². The second-order valence-corrected chi connectivity index (χ2v) is 5.74. The first-order valence-electron chi connectivity index (χ1n) is 6.74. The molecule has 0 aliphatic heterocycles. The molecule has 1 aliphatic carbocycles. The highest BCUT2D eigenvalue weighted by atomic mass is 16.3. The van der Waals surface area contributed by atoms with Crippen LogP contribution in [-0.4, -0.2) is 37.2 Å². The average Bonchev–Trinajstić information content (AvgIpc) is 2.29. The molecule has 0 heterocycles. The highest BCUT2D eigenvalue weighted by molar-refractivity contribution is 5.43. The summed E-state index contributed by atoms with van der Waals surface area (Å²) in [6.45, 7) is 1.66. The van der Waals surface area contributed by atoms with Gasteiger partial charge in [-0.25, -0.2) is 0 Å². The Morgan fingerprint density at radius 3 is 2.56 bits per heavy atom. The maximum absolute atomic E-state index is 10.1. The van der Waals surface area contributed by atoms with Crippen molar-refractivity contribution in [1.82, 2.24) is 4.90 Å². The molecule has 0 saturated heterocycles. The molecule has 0 spiro atoms. The lowest BCUT2D eigenvalue weighted by molar-refractivity contribution is 0.245. The van der Waals surface area contributed by atoms with Gasteiger partial charge in [0.1, 0.15) is 5.75 Å². The molecule has 18 heavy (non-hydrogen) atoms. The van der Waals surface area contributed by atoms with Crippen molar-refractivity contribution in [1.29, 1.82) is 0 Å². The first-order valence-corrected chi connectivity index (χ1v) is 6.74. The van der Waals surface area contributed by atoms with E-state index in [0.29, 0.717) is 12.3 Å². The number of benzene rings is 1. The number of likely N-dealkylation sites (N-methyl/N-ethyl adjacent to an activating group) is 1. The van der Waals surface area contributed by atoms with Crippen molar-refractivity contribution < 1.29 is 5.11 Å². The fraction of sp³-hybridized carbons (Fsp3) is 0.600. The Hall–Kier alpha value is -1.06. The second kappa shape index (κ2) is 5.29. The Bertz CT molecular complexity index is 405. The highest BCUT2D eigenvalue weighted by Gasteiger charge is 2.39. The van der Waals surface area contributed by atoms with Crippen molar-refractivity contribution in [2.24, 2.45) is 5.73 Å². The van der Waals surface area contributed by atoms with Gasteiger partial charge in [-0.2, -0.15) is 0 Å². The lowest BCUT2D eigenvalue weighted by atomic mass is 9.64. The third-order valence-electron chi connectivity index (χ3n) is 4.18. The van der Waals surface area contributed by atoms with Crippen LogP contribution in [0.5, 0.6) is 5.75 Å². The molecule has 0 unspecified atom stereocenters. The molecule has 1 saturated carbocycles. The number of phenols is 1. The van der Waals surface area contributed by atoms with Gasteiger partial charge in [0, 0.05) is 24.1 Å². The molecule has 2 rings (SSSR count). The summed E-state index contributed by atoms with van der Waals surface area (Å²) in [6, 6.07) is 6.01. The minimum absolute atomic E-state index is 0.0399. The van der Waals surface area contributed by atoms with Crippen molar-refractivity contribution >= 4 is 0 Å². The van der Waals surface area contributed by atoms with Gasteiger partial charge >= 0.3 is 0 Å². The smallest absolute Gasteiger partial charge is 0.119 e. The van der Waals surface area contributed by atoms with Crippen LogP contribution in [0, 0.1) is 0 Å². The summed E-state index contributed by atoms with van der Waals surface area (Å²) in [7, 11) is 4.16. The van der Waals surface area contributed by atoms with Gasteiger partial charge in [-0.3, -0.25) is 0 Å². The molecule has 0 atom stereocenters. The summed E-state index contributed by atoms with van der Waals surface area (Å²) in [4.78, 5) is 2.18. The summed E-state index contributed by atoms with van der Waals surface area (Å²) < 4.78 is 0. The van der Waals surface area contributed by atoms with E-state index in [-0.39, 0.29) is 5.41 Å². The molecule has 3 nitrogen and oxygen atoms in total. The Morgan fingerprint density at radius 1 is 1.33 bits per heavy atom. The fourth-order valence-corrected chi connectivity index (χ4v) is 2.70. The zero-order chi connectivity index (χ0) is 13.2. The predicted octanol–water partition coefficient (Wildman–Crippen LogP) is 1.88. The van der Waals surface area contributed by atoms with E-state index < -0.39 is 0 Å². The number of nitrogens with zero attached hydrogens (tertiary/aromatic N) is 1. The molecule has 100 valence electrons. The Morgan fingerprint density at radius 2 is 2.06 bits per heavy atom. The molecule has 1 aliphatic rings. The molecule has 0 aromatic heterocycles. The van der Waals surface area contributed by atoms with Crippen LogP contribution in [0.25, 0.3) is 0 Å². The zero-order valence-electron chi connectivity index (χ0n) is 11.4. The van der Waals surface area contributed by atoms with Crippen LogP contribution >= 0.6 is 0 Å². The lowest BCUT2D eigenvalue weighted by Gasteiger charge is -2.42. The van der Waals surface area contributed by atoms with Gasteiger partial charge in [-0.05, 0) is 45.0 Å². The molecule has 1 aromatic carbocycles. The maximum atomic E-state index is 10.1. The van der Waals surface area contributed by atoms with Crippen LogP contribution in [0.3, 0.4) is 0 Å². The second-order valence-electron chi connectivity index (χ2n) is 5.74. The summed E-state index contributed by atoms with van der Waals surface area (Å²) in [6.07, 6.45) is 4.45. The van der Waals surface area contributed by atoms with E-state index in [2.05, 4.69) is 25.1 Å². The van der Waals surface area contributed by atoms with Crippen LogP contribution in [0.2, 0.25) is 0 Å². The largest absolute Gasteiger partial charge is 0.508 e. The van der Waals surface area contributed by atoms with Crippen molar-refractivity contribution in [3.63, 3.8) is 0 Å². The predicted molar refractivity (Wildman–Crippen MR) is 74.9 cm³/mol. The van der Waals surface area contributed by atoms with Gasteiger partial charge in [0.05, 0.1) is 0 Å². The third kappa shape index (κ3) is 2.52. The average molecular weight is 248 g/mol. The van der Waals surface area contributed by atoms with Crippen LogP contribution in [0.15, 0.2) is 18.2 Å². The topological polar surface area (TPSA) is 49.5 Å². The van der Waals surface area contributed by atoms with Gasteiger partial charge < -0.3 is 15.7 Å². The van der Waals surface area contributed by atoms with E-state index in [1.54, 1.807) is 0 Å². The molecular weight excluding hydrogens is 224 g/mol. The first kappa shape index (κ1) is 13.4. The van der Waals surface area contributed by atoms with E-state index in [9.17, 15) is 5.11 Å². The normalized spacial score (nSPS) is 17.8. The summed E-state index contributed by atoms with van der Waals surface area (Å²) in [5, 5.41) is 10.1. The van der Waals surface area contributed by atoms with E-state index in [4.69, 9.17) is 5.73 Å². The van der Waals surface area contributed by atoms with E-state index >= 15 is 0 Å². The van der Waals surface area contributed by atoms with E-state index in [1.165, 1.54) is 12.0 Å². The summed E-state index contributed by atoms with van der Waals surface area (Å²) >= 11 is 0. The minimum atomic E-state index is 0.0399. The van der Waals surface area contributed by atoms with Crippen molar-refractivity contribution in [3.05, 3.63) is 29.3 Å². The quantitative estimate of drug-likeness (QED) is 0.836. The minimum Gasteiger partial charge on any atom is -0.508 e. The molecule has 0 bridgehead atoms. The highest BCUT2D eigenvalue weighted by Crippen LogP contribution is 2.46. The molecule has 1 aromatic rings. The van der Waals surface area contributed by atoms with Crippen LogP contribution in [0.4, 0.5) is 0 Å². The van der Waals surface area contributed by atoms with Gasteiger partial charge in [0.15, 0.2) is 0 Å². The summed E-state index contributed by atoms with van der Waals surface area (Å²) in [5.41, 5.74) is 8.31. The van der Waals surface area contributed by atoms with E-state index in [0.717, 1.165) is 31.4 Å². The zero-order valence-corrected chi connectivity index (χ0v) is 11.4. The van der Waals surface area contributed by atoms with Crippen LogP contribution in [-0.2, 0) is 11.8 Å². The van der Waals surface area contributed by atoms with Crippen LogP contribution in [0.1, 0.15) is 30.4 Å². The molecular formula is C15H24N2O. The molecule has 0 amide bonds. The van der Waals surface area contributed by atoms with Crippen molar-refractivity contribution in [3.8, 4) is 5.75 Å². The standard InChI is InChI=1S/C15H24N2O/c1-17(2)9-6-12-4-5-14(18)13(10-12)15(11-16)7-3-8-15/h4-5,10,18H,3,6-9,11,16H2,1-2H3. The fourth-order valence-electron chi connectivity index (χ4n) is 2.70. The maximum Gasteiger partial charge on any atom is 0.119 e. The molecule has 3 N–H and O–H groups in total. The SMILES string of the molecule is CN(C)CCc1ccc(O)c(C2(CN)CCC2)c1. The van der Waals surface area contributed by atoms with Gasteiger partial charge in [0.25, 0.3) is 0 Å². The molecule has 0 radical (unpaired) electrons. The number of aromatic hydroxyl groups is 1. The van der Waals surface area contributed by atoms with Gasteiger partial charge in [-0.1, -0.05) is 18.6 Å².